The van der Waals surface area contributed by atoms with Crippen molar-refractivity contribution < 1.29 is 0 Å². The number of hydrogen-bond acceptors (Lipinski definition) is 3. The molecule has 2 rings (SSSR count). The van der Waals surface area contributed by atoms with E-state index in [0.29, 0.717) is 6.04 Å². The van der Waals surface area contributed by atoms with E-state index in [9.17, 15) is 0 Å². The predicted molar refractivity (Wildman–Crippen MR) is 78.5 cm³/mol. The molecule has 18 heavy (non-hydrogen) atoms. The summed E-state index contributed by atoms with van der Waals surface area (Å²) in [7, 11) is 0. The molecule has 0 atom stereocenters. The van der Waals surface area contributed by atoms with Crippen LogP contribution in [0.25, 0.3) is 11.1 Å². The Morgan fingerprint density at radius 1 is 1.11 bits per heavy atom. The third-order valence-corrected chi connectivity index (χ3v) is 3.68. The van der Waals surface area contributed by atoms with E-state index in [2.05, 4.69) is 53.9 Å². The number of aromatic nitrogens is 1. The molecule has 0 radical (unpaired) electrons. The summed E-state index contributed by atoms with van der Waals surface area (Å²) in [5, 5.41) is 0. The minimum Gasteiger partial charge on any atom is -0.261 e. The summed E-state index contributed by atoms with van der Waals surface area (Å²) >= 11 is 1.67. The Morgan fingerprint density at radius 2 is 1.83 bits per heavy atom. The van der Waals surface area contributed by atoms with Gasteiger partial charge in [0.15, 0.2) is 0 Å². The van der Waals surface area contributed by atoms with Crippen LogP contribution in [0.15, 0.2) is 47.5 Å². The molecular weight excluding hydrogens is 240 g/mol. The molecule has 0 saturated heterocycles. The fourth-order valence-electron chi connectivity index (χ4n) is 1.68. The molecule has 94 valence electrons. The highest BCUT2D eigenvalue weighted by molar-refractivity contribution is 7.97. The van der Waals surface area contributed by atoms with E-state index in [-0.39, 0.29) is 0 Å². The fraction of sp³-hybridized carbons (Fsp3) is 0.267. The highest BCUT2D eigenvalue weighted by atomic mass is 32.2. The minimum atomic E-state index is 0.482. The molecule has 0 bridgehead atoms. The van der Waals surface area contributed by atoms with Crippen molar-refractivity contribution in [1.82, 2.24) is 9.71 Å². The molecule has 1 heterocycles. The molecule has 0 aliphatic carbocycles. The summed E-state index contributed by atoms with van der Waals surface area (Å²) in [6, 6.07) is 13.1. The van der Waals surface area contributed by atoms with Gasteiger partial charge in [-0.1, -0.05) is 18.2 Å². The standard InChI is InChI=1S/C15H18N2S/c1-11(2)17-18-14-8-6-13(7-9-14)15-5-4-10-16-12(15)3/h4-11,17H,1-3H3. The van der Waals surface area contributed by atoms with E-state index >= 15 is 0 Å². The lowest BCUT2D eigenvalue weighted by Crippen LogP contribution is -2.13. The van der Waals surface area contributed by atoms with Crippen molar-refractivity contribution in [2.24, 2.45) is 0 Å². The van der Waals surface area contributed by atoms with Crippen molar-refractivity contribution in [3.8, 4) is 11.1 Å². The Labute approximate surface area is 113 Å². The third kappa shape index (κ3) is 3.34. The maximum absolute atomic E-state index is 4.32. The molecule has 2 nitrogen and oxygen atoms in total. The van der Waals surface area contributed by atoms with Crippen LogP contribution in [0.2, 0.25) is 0 Å². The van der Waals surface area contributed by atoms with Crippen molar-refractivity contribution in [3.05, 3.63) is 48.3 Å². The van der Waals surface area contributed by atoms with Crippen LogP contribution in [0.1, 0.15) is 19.5 Å². The van der Waals surface area contributed by atoms with E-state index in [1.807, 2.05) is 19.2 Å². The van der Waals surface area contributed by atoms with E-state index in [1.54, 1.807) is 11.9 Å². The molecule has 1 aromatic heterocycles. The number of nitrogens with one attached hydrogen (secondary N) is 1. The van der Waals surface area contributed by atoms with Gasteiger partial charge >= 0.3 is 0 Å². The molecule has 0 unspecified atom stereocenters. The summed E-state index contributed by atoms with van der Waals surface area (Å²) in [5.41, 5.74) is 3.48. The average molecular weight is 258 g/mol. The maximum atomic E-state index is 4.32. The maximum Gasteiger partial charge on any atom is 0.0450 e. The van der Waals surface area contributed by atoms with Crippen LogP contribution in [-0.2, 0) is 0 Å². The van der Waals surface area contributed by atoms with Gasteiger partial charge in [-0.05, 0) is 56.5 Å². The van der Waals surface area contributed by atoms with Crippen molar-refractivity contribution in [3.63, 3.8) is 0 Å². The first kappa shape index (κ1) is 13.1. The lowest BCUT2D eigenvalue weighted by Gasteiger charge is -2.08. The molecule has 0 saturated carbocycles. The number of hydrogen-bond donors (Lipinski definition) is 1. The Balaban J connectivity index is 2.15. The van der Waals surface area contributed by atoms with Gasteiger partial charge in [-0.2, -0.15) is 0 Å². The van der Waals surface area contributed by atoms with E-state index < -0.39 is 0 Å². The van der Waals surface area contributed by atoms with Crippen LogP contribution >= 0.6 is 11.9 Å². The van der Waals surface area contributed by atoms with Crippen LogP contribution in [0.4, 0.5) is 0 Å². The van der Waals surface area contributed by atoms with Crippen LogP contribution < -0.4 is 4.72 Å². The SMILES string of the molecule is Cc1ncccc1-c1ccc(SNC(C)C)cc1. The Bertz CT molecular complexity index is 506. The van der Waals surface area contributed by atoms with Gasteiger partial charge in [0.2, 0.25) is 0 Å². The second-order valence-corrected chi connectivity index (χ2v) is 5.45. The van der Waals surface area contributed by atoms with E-state index in [0.717, 1.165) is 5.69 Å². The van der Waals surface area contributed by atoms with Crippen LogP contribution in [0, 0.1) is 6.92 Å². The van der Waals surface area contributed by atoms with Gasteiger partial charge in [0.05, 0.1) is 0 Å². The number of aryl methyl sites for hydroxylation is 1. The second-order valence-electron chi connectivity index (χ2n) is 4.54. The quantitative estimate of drug-likeness (QED) is 0.837. The molecule has 0 fully saturated rings. The zero-order valence-corrected chi connectivity index (χ0v) is 11.8. The lowest BCUT2D eigenvalue weighted by atomic mass is 10.1. The summed E-state index contributed by atoms with van der Waals surface area (Å²) < 4.78 is 3.34. The predicted octanol–water partition coefficient (Wildman–Crippen LogP) is 4.06. The van der Waals surface area contributed by atoms with Crippen molar-refractivity contribution in [2.45, 2.75) is 31.7 Å². The molecule has 1 N–H and O–H groups in total. The molecule has 0 spiro atoms. The smallest absolute Gasteiger partial charge is 0.0450 e. The molecule has 0 aliphatic heterocycles. The van der Waals surface area contributed by atoms with Crippen LogP contribution in [0.3, 0.4) is 0 Å². The summed E-state index contributed by atoms with van der Waals surface area (Å²) in [6.45, 7) is 6.32. The van der Waals surface area contributed by atoms with Crippen LogP contribution in [0.5, 0.6) is 0 Å². The van der Waals surface area contributed by atoms with Gasteiger partial charge in [0.1, 0.15) is 0 Å². The van der Waals surface area contributed by atoms with Gasteiger partial charge in [-0.15, -0.1) is 0 Å². The first-order chi connectivity index (χ1) is 8.66. The largest absolute Gasteiger partial charge is 0.261 e. The van der Waals surface area contributed by atoms with Gasteiger partial charge < -0.3 is 0 Å². The number of nitrogens with zero attached hydrogens (tertiary/aromatic N) is 1. The average Bonchev–Trinajstić information content (AvgIpc) is 2.38. The number of pyridine rings is 1. The van der Waals surface area contributed by atoms with Gasteiger partial charge in [0, 0.05) is 28.4 Å². The van der Waals surface area contributed by atoms with Crippen LogP contribution in [-0.4, -0.2) is 11.0 Å². The Morgan fingerprint density at radius 3 is 2.44 bits per heavy atom. The van der Waals surface area contributed by atoms with E-state index in [1.165, 1.54) is 16.0 Å². The molecule has 3 heteroatoms. The zero-order valence-electron chi connectivity index (χ0n) is 11.0. The van der Waals surface area contributed by atoms with Gasteiger partial charge in [0.25, 0.3) is 0 Å². The molecule has 1 aromatic carbocycles. The number of benzene rings is 1. The lowest BCUT2D eigenvalue weighted by molar-refractivity contribution is 0.771. The molecule has 0 amide bonds. The molecule has 2 aromatic rings. The highest BCUT2D eigenvalue weighted by Crippen LogP contribution is 2.24. The summed E-state index contributed by atoms with van der Waals surface area (Å²) in [6.07, 6.45) is 1.83. The van der Waals surface area contributed by atoms with E-state index in [4.69, 9.17) is 0 Å². The first-order valence-electron chi connectivity index (χ1n) is 6.11. The molecular formula is C15H18N2S. The summed E-state index contributed by atoms with van der Waals surface area (Å²) in [5.74, 6) is 0. The monoisotopic (exact) mass is 258 g/mol. The first-order valence-corrected chi connectivity index (χ1v) is 6.93. The van der Waals surface area contributed by atoms with Gasteiger partial charge in [-0.3, -0.25) is 9.71 Å². The highest BCUT2D eigenvalue weighted by Gasteiger charge is 2.02. The normalized spacial score (nSPS) is 10.9. The van der Waals surface area contributed by atoms with Crippen molar-refractivity contribution in [1.29, 1.82) is 0 Å². The number of rotatable bonds is 4. The Hall–Kier alpha value is -1.32. The zero-order chi connectivity index (χ0) is 13.0. The second kappa shape index (κ2) is 6.03. The van der Waals surface area contributed by atoms with Gasteiger partial charge in [-0.25, -0.2) is 0 Å². The Kier molecular flexibility index (Phi) is 4.39. The topological polar surface area (TPSA) is 24.9 Å². The van der Waals surface area contributed by atoms with Crippen molar-refractivity contribution in [2.75, 3.05) is 0 Å². The fourth-order valence-corrected chi connectivity index (χ4v) is 2.32. The third-order valence-electron chi connectivity index (χ3n) is 2.58. The summed E-state index contributed by atoms with van der Waals surface area (Å²) in [4.78, 5) is 5.55. The molecule has 0 aliphatic rings. The van der Waals surface area contributed by atoms with Crippen molar-refractivity contribution >= 4 is 11.9 Å². The minimum absolute atomic E-state index is 0.482.